The molecule has 0 atom stereocenters. The lowest BCUT2D eigenvalue weighted by Crippen LogP contribution is -2.19. The molecule has 3 aromatic rings. The first kappa shape index (κ1) is 25.7. The number of nitrogens with one attached hydrogen (secondary N) is 1. The van der Waals surface area contributed by atoms with Crippen LogP contribution in [-0.4, -0.2) is 26.6 Å². The molecule has 1 amide bonds. The molecule has 1 aliphatic heterocycles. The molecule has 0 saturated carbocycles. The van der Waals surface area contributed by atoms with Gasteiger partial charge in [-0.2, -0.15) is 8.42 Å². The lowest BCUT2D eigenvalue weighted by molar-refractivity contribution is -0.115. The third-order valence-electron chi connectivity index (χ3n) is 4.78. The Balaban J connectivity index is 1.61. The van der Waals surface area contributed by atoms with E-state index in [2.05, 4.69) is 26.2 Å². The Morgan fingerprint density at radius 1 is 1.11 bits per heavy atom. The molecule has 1 heterocycles. The van der Waals surface area contributed by atoms with Crippen molar-refractivity contribution in [3.05, 3.63) is 84.7 Å². The maximum absolute atomic E-state index is 12.8. The second-order valence-electron chi connectivity index (χ2n) is 7.32. The normalized spacial score (nSPS) is 15.9. The van der Waals surface area contributed by atoms with Crippen molar-refractivity contribution < 1.29 is 22.1 Å². The van der Waals surface area contributed by atoms with Crippen molar-refractivity contribution in [2.75, 3.05) is 7.11 Å². The lowest BCUT2D eigenvalue weighted by atomic mass is 10.2. The van der Waals surface area contributed by atoms with Crippen LogP contribution in [0.25, 0.3) is 6.08 Å². The molecule has 0 spiro atoms. The van der Waals surface area contributed by atoms with Crippen molar-refractivity contribution in [1.82, 2.24) is 5.32 Å². The number of carbonyl (C=O) groups excluding carboxylic acids is 1. The molecule has 0 aliphatic carbocycles. The van der Waals surface area contributed by atoms with Crippen molar-refractivity contribution in [3.63, 3.8) is 0 Å². The fourth-order valence-electron chi connectivity index (χ4n) is 3.05. The van der Waals surface area contributed by atoms with E-state index in [1.807, 2.05) is 53.8 Å². The smallest absolute Gasteiger partial charge is 0.339 e. The maximum atomic E-state index is 12.8. The van der Waals surface area contributed by atoms with Gasteiger partial charge in [0.05, 0.1) is 21.3 Å². The summed E-state index contributed by atoms with van der Waals surface area (Å²) in [4.78, 5) is 17.5. The molecule has 0 aromatic heterocycles. The number of rotatable bonds is 6. The highest BCUT2D eigenvalue weighted by Gasteiger charge is 2.25. The molecule has 11 heteroatoms. The van der Waals surface area contributed by atoms with Crippen molar-refractivity contribution in [1.29, 1.82) is 0 Å². The first-order chi connectivity index (χ1) is 16.7. The van der Waals surface area contributed by atoms with Crippen LogP contribution in [0.2, 0.25) is 0 Å². The summed E-state index contributed by atoms with van der Waals surface area (Å²) in [6.07, 6.45) is 1.69. The molecule has 1 N–H and O–H groups in total. The van der Waals surface area contributed by atoms with Crippen molar-refractivity contribution in [2.24, 2.45) is 4.99 Å². The Labute approximate surface area is 229 Å². The largest absolute Gasteiger partial charge is 0.493 e. The Bertz CT molecular complexity index is 1470. The fourth-order valence-corrected chi connectivity index (χ4v) is 6.10. The van der Waals surface area contributed by atoms with Gasteiger partial charge in [0.25, 0.3) is 5.91 Å². The van der Waals surface area contributed by atoms with E-state index in [1.165, 1.54) is 31.0 Å². The zero-order valence-electron chi connectivity index (χ0n) is 18.4. The van der Waals surface area contributed by atoms with Crippen LogP contribution in [-0.2, 0) is 14.9 Å². The molecule has 0 radical (unpaired) electrons. The first-order valence-electron chi connectivity index (χ1n) is 10.1. The number of aryl methyl sites for hydroxylation is 1. The number of amidine groups is 1. The third-order valence-corrected chi connectivity index (χ3v) is 8.39. The number of carbonyl (C=O) groups is 1. The molecule has 35 heavy (non-hydrogen) atoms. The van der Waals surface area contributed by atoms with Gasteiger partial charge in [-0.3, -0.25) is 4.79 Å². The SMILES string of the molecule is COc1cc(/C=C2/SC(=Nc3ccccc3Br)NC2=O)cc(I)c1OS(=O)(=O)c1ccc(C)cc1. The summed E-state index contributed by atoms with van der Waals surface area (Å²) in [5.74, 6) is 0.0255. The molecule has 0 bridgehead atoms. The van der Waals surface area contributed by atoms with Crippen LogP contribution < -0.4 is 14.2 Å². The van der Waals surface area contributed by atoms with Gasteiger partial charge in [-0.25, -0.2) is 4.99 Å². The standard InChI is InChI=1S/C24H18BrIN2O5S2/c1-14-7-9-16(10-8-14)35(30,31)33-22-18(26)11-15(12-20(22)32-2)13-21-23(29)28-24(34-21)27-19-6-4-3-5-17(19)25/h3-13H,1-2H3,(H,27,28,29)/b21-13+. The van der Waals surface area contributed by atoms with Gasteiger partial charge in [-0.1, -0.05) is 29.8 Å². The minimum Gasteiger partial charge on any atom is -0.493 e. The zero-order valence-corrected chi connectivity index (χ0v) is 23.8. The predicted molar refractivity (Wildman–Crippen MR) is 150 cm³/mol. The van der Waals surface area contributed by atoms with E-state index < -0.39 is 10.1 Å². The number of thioether (sulfide) groups is 1. The molecule has 0 unspecified atom stereocenters. The number of amides is 1. The summed E-state index contributed by atoms with van der Waals surface area (Å²) in [5.41, 5.74) is 2.28. The van der Waals surface area contributed by atoms with E-state index in [0.717, 1.165) is 10.0 Å². The number of halogens is 2. The van der Waals surface area contributed by atoms with Crippen molar-refractivity contribution in [3.8, 4) is 11.5 Å². The van der Waals surface area contributed by atoms with E-state index in [1.54, 1.807) is 30.3 Å². The van der Waals surface area contributed by atoms with E-state index >= 15 is 0 Å². The number of ether oxygens (including phenoxy) is 1. The number of methoxy groups -OCH3 is 1. The Hall–Kier alpha value is -2.35. The molecule has 1 fully saturated rings. The number of para-hydroxylation sites is 1. The average molecular weight is 685 g/mol. The minimum absolute atomic E-state index is 0.0445. The number of hydrogen-bond donors (Lipinski definition) is 1. The number of aliphatic imine (C=N–C) groups is 1. The average Bonchev–Trinajstić information content (AvgIpc) is 3.15. The van der Waals surface area contributed by atoms with Crippen molar-refractivity contribution in [2.45, 2.75) is 11.8 Å². The Kier molecular flexibility index (Phi) is 7.89. The second kappa shape index (κ2) is 10.7. The van der Waals surface area contributed by atoms with E-state index in [-0.39, 0.29) is 22.3 Å². The first-order valence-corrected chi connectivity index (χ1v) is 14.2. The topological polar surface area (TPSA) is 94.1 Å². The molecule has 1 saturated heterocycles. The summed E-state index contributed by atoms with van der Waals surface area (Å²) in [6.45, 7) is 1.87. The fraction of sp³-hybridized carbons (Fsp3) is 0.0833. The summed E-state index contributed by atoms with van der Waals surface area (Å²) in [5, 5.41) is 3.21. The predicted octanol–water partition coefficient (Wildman–Crippen LogP) is 6.03. The van der Waals surface area contributed by atoms with Crippen LogP contribution in [0, 0.1) is 10.5 Å². The van der Waals surface area contributed by atoms with Gasteiger partial charge in [0.1, 0.15) is 4.90 Å². The summed E-state index contributed by atoms with van der Waals surface area (Å²) >= 11 is 6.63. The van der Waals surface area contributed by atoms with E-state index in [9.17, 15) is 13.2 Å². The zero-order chi connectivity index (χ0) is 25.2. The molecular formula is C24H18BrIN2O5S2. The quantitative estimate of drug-likeness (QED) is 0.194. The lowest BCUT2D eigenvalue weighted by Gasteiger charge is -2.13. The summed E-state index contributed by atoms with van der Waals surface area (Å²) < 4.78 is 37.7. The van der Waals surface area contributed by atoms with Gasteiger partial charge in [-0.05, 0) is 105 Å². The van der Waals surface area contributed by atoms with Crippen LogP contribution in [0.3, 0.4) is 0 Å². The monoisotopic (exact) mass is 684 g/mol. The van der Waals surface area contributed by atoms with E-state index in [0.29, 0.717) is 24.9 Å². The van der Waals surface area contributed by atoms with Crippen molar-refractivity contribution >= 4 is 83.2 Å². The van der Waals surface area contributed by atoms with Gasteiger partial charge in [0.2, 0.25) is 0 Å². The van der Waals surface area contributed by atoms with Crippen LogP contribution in [0.4, 0.5) is 5.69 Å². The summed E-state index contributed by atoms with van der Waals surface area (Å²) in [6, 6.07) is 17.2. The molecule has 4 rings (SSSR count). The minimum atomic E-state index is -4.06. The molecule has 180 valence electrons. The molecular weight excluding hydrogens is 667 g/mol. The Morgan fingerprint density at radius 2 is 1.83 bits per heavy atom. The van der Waals surface area contributed by atoms with E-state index in [4.69, 9.17) is 8.92 Å². The van der Waals surface area contributed by atoms with Crippen LogP contribution in [0.1, 0.15) is 11.1 Å². The van der Waals surface area contributed by atoms with Gasteiger partial charge >= 0.3 is 10.1 Å². The van der Waals surface area contributed by atoms with Gasteiger partial charge in [0.15, 0.2) is 16.7 Å². The highest BCUT2D eigenvalue weighted by molar-refractivity contribution is 14.1. The van der Waals surface area contributed by atoms with Crippen LogP contribution in [0.15, 0.2) is 79.9 Å². The highest BCUT2D eigenvalue weighted by Crippen LogP contribution is 2.38. The highest BCUT2D eigenvalue weighted by atomic mass is 127. The van der Waals surface area contributed by atoms with Gasteiger partial charge in [-0.15, -0.1) is 0 Å². The number of benzene rings is 3. The summed E-state index contributed by atoms with van der Waals surface area (Å²) in [7, 11) is -2.63. The molecule has 7 nitrogen and oxygen atoms in total. The third kappa shape index (κ3) is 6.08. The molecule has 3 aromatic carbocycles. The number of hydrogen-bond acceptors (Lipinski definition) is 7. The van der Waals surface area contributed by atoms with Gasteiger partial charge < -0.3 is 14.2 Å². The molecule has 1 aliphatic rings. The van der Waals surface area contributed by atoms with Gasteiger partial charge in [0, 0.05) is 4.47 Å². The van der Waals surface area contributed by atoms with Crippen LogP contribution >= 0.6 is 50.3 Å². The number of nitrogens with zero attached hydrogens (tertiary/aromatic N) is 1. The second-order valence-corrected chi connectivity index (χ2v) is 11.9. The Morgan fingerprint density at radius 3 is 2.51 bits per heavy atom. The van der Waals surface area contributed by atoms with Crippen LogP contribution in [0.5, 0.6) is 11.5 Å². The maximum Gasteiger partial charge on any atom is 0.339 e.